The molecule has 0 saturated heterocycles. The molecule has 2 rings (SSSR count). The quantitative estimate of drug-likeness (QED) is 0.771. The normalized spacial score (nSPS) is 12.0. The maximum atomic E-state index is 11.9. The lowest BCUT2D eigenvalue weighted by atomic mass is 10.3. The number of thiol groups is 1. The SMILES string of the molecule is FC(F)(F)Oc1ccc2nc(S)oc2c1. The Morgan fingerprint density at radius 3 is 2.73 bits per heavy atom. The molecule has 7 heteroatoms. The van der Waals surface area contributed by atoms with Gasteiger partial charge in [0.1, 0.15) is 11.3 Å². The highest BCUT2D eigenvalue weighted by atomic mass is 32.1. The number of rotatable bonds is 1. The molecule has 0 N–H and O–H groups in total. The molecule has 0 fully saturated rings. The van der Waals surface area contributed by atoms with Gasteiger partial charge in [-0.15, -0.1) is 13.2 Å². The standard InChI is InChI=1S/C8H4F3NO2S/c9-8(10,11)14-4-1-2-5-6(3-4)13-7(15)12-5/h1-3H,(H,12,15). The third-order valence-corrected chi connectivity index (χ3v) is 1.77. The number of ether oxygens (including phenoxy) is 1. The van der Waals surface area contributed by atoms with Gasteiger partial charge >= 0.3 is 6.36 Å². The van der Waals surface area contributed by atoms with Crippen LogP contribution >= 0.6 is 12.6 Å². The molecule has 3 nitrogen and oxygen atoms in total. The Bertz CT molecular complexity index is 494. The summed E-state index contributed by atoms with van der Waals surface area (Å²) in [7, 11) is 0. The second kappa shape index (κ2) is 3.34. The highest BCUT2D eigenvalue weighted by Crippen LogP contribution is 2.27. The van der Waals surface area contributed by atoms with Gasteiger partial charge in [0.15, 0.2) is 5.58 Å². The Morgan fingerprint density at radius 1 is 1.33 bits per heavy atom. The van der Waals surface area contributed by atoms with Gasteiger partial charge in [0.05, 0.1) is 0 Å². The van der Waals surface area contributed by atoms with E-state index < -0.39 is 6.36 Å². The maximum absolute atomic E-state index is 11.9. The summed E-state index contributed by atoms with van der Waals surface area (Å²) in [6.45, 7) is 0. The molecule has 0 aliphatic carbocycles. The highest BCUT2D eigenvalue weighted by molar-refractivity contribution is 7.80. The zero-order chi connectivity index (χ0) is 11.1. The smallest absolute Gasteiger partial charge is 0.431 e. The number of oxazole rings is 1. The van der Waals surface area contributed by atoms with Crippen LogP contribution in [0.5, 0.6) is 5.75 Å². The highest BCUT2D eigenvalue weighted by Gasteiger charge is 2.31. The van der Waals surface area contributed by atoms with Crippen molar-refractivity contribution >= 4 is 23.7 Å². The van der Waals surface area contributed by atoms with E-state index in [0.717, 1.165) is 12.1 Å². The average Bonchev–Trinajstić information content (AvgIpc) is 2.40. The largest absolute Gasteiger partial charge is 0.573 e. The van der Waals surface area contributed by atoms with Crippen molar-refractivity contribution in [1.29, 1.82) is 0 Å². The fourth-order valence-corrected chi connectivity index (χ4v) is 1.30. The van der Waals surface area contributed by atoms with E-state index in [9.17, 15) is 13.2 Å². The number of halogens is 3. The van der Waals surface area contributed by atoms with Crippen LogP contribution in [0.15, 0.2) is 27.8 Å². The van der Waals surface area contributed by atoms with Crippen molar-refractivity contribution in [2.24, 2.45) is 0 Å². The van der Waals surface area contributed by atoms with E-state index in [-0.39, 0.29) is 16.6 Å². The van der Waals surface area contributed by atoms with Gasteiger partial charge in [-0.2, -0.15) is 0 Å². The molecule has 0 radical (unpaired) electrons. The second-order valence-corrected chi connectivity index (χ2v) is 3.06. The molecular weight excluding hydrogens is 231 g/mol. The minimum atomic E-state index is -4.71. The fraction of sp³-hybridized carbons (Fsp3) is 0.125. The van der Waals surface area contributed by atoms with Crippen LogP contribution < -0.4 is 4.74 Å². The van der Waals surface area contributed by atoms with E-state index in [1.165, 1.54) is 6.07 Å². The molecule has 0 aliphatic rings. The van der Waals surface area contributed by atoms with Crippen LogP contribution in [-0.2, 0) is 0 Å². The first-order valence-corrected chi connectivity index (χ1v) is 4.24. The van der Waals surface area contributed by atoms with Crippen LogP contribution in [0.3, 0.4) is 0 Å². The molecular formula is C8H4F3NO2S. The monoisotopic (exact) mass is 235 g/mol. The molecule has 1 aromatic heterocycles. The molecule has 0 bridgehead atoms. The Labute approximate surface area is 87.3 Å². The summed E-state index contributed by atoms with van der Waals surface area (Å²) in [5.41, 5.74) is 0.622. The topological polar surface area (TPSA) is 35.3 Å². The maximum Gasteiger partial charge on any atom is 0.573 e. The minimum absolute atomic E-state index is 0.0918. The summed E-state index contributed by atoms with van der Waals surface area (Å²) >= 11 is 3.82. The lowest BCUT2D eigenvalue weighted by molar-refractivity contribution is -0.274. The van der Waals surface area contributed by atoms with Crippen molar-refractivity contribution in [2.45, 2.75) is 11.6 Å². The minimum Gasteiger partial charge on any atom is -0.431 e. The number of hydrogen-bond donors (Lipinski definition) is 1. The predicted molar refractivity (Wildman–Crippen MR) is 47.9 cm³/mol. The molecule has 2 aromatic rings. The molecule has 0 aliphatic heterocycles. The van der Waals surface area contributed by atoms with Crippen molar-refractivity contribution in [2.75, 3.05) is 0 Å². The van der Waals surface area contributed by atoms with Gasteiger partial charge in [0.2, 0.25) is 0 Å². The van der Waals surface area contributed by atoms with Gasteiger partial charge in [-0.05, 0) is 12.1 Å². The Morgan fingerprint density at radius 2 is 2.07 bits per heavy atom. The van der Waals surface area contributed by atoms with Gasteiger partial charge in [-0.3, -0.25) is 0 Å². The van der Waals surface area contributed by atoms with Crippen molar-refractivity contribution < 1.29 is 22.3 Å². The first-order valence-electron chi connectivity index (χ1n) is 3.79. The van der Waals surface area contributed by atoms with Gasteiger partial charge in [0.25, 0.3) is 5.22 Å². The van der Waals surface area contributed by atoms with Gasteiger partial charge < -0.3 is 9.15 Å². The zero-order valence-electron chi connectivity index (χ0n) is 7.08. The summed E-state index contributed by atoms with van der Waals surface area (Å²) < 4.78 is 44.2. The lowest BCUT2D eigenvalue weighted by Crippen LogP contribution is -2.16. The Balaban J connectivity index is 2.38. The molecule has 0 atom stereocenters. The van der Waals surface area contributed by atoms with Crippen molar-refractivity contribution in [3.05, 3.63) is 18.2 Å². The number of alkyl halides is 3. The zero-order valence-corrected chi connectivity index (χ0v) is 7.97. The number of hydrogen-bond acceptors (Lipinski definition) is 4. The third-order valence-electron chi connectivity index (χ3n) is 1.58. The Hall–Kier alpha value is -1.37. The van der Waals surface area contributed by atoms with Crippen LogP contribution in [0.1, 0.15) is 0 Å². The van der Waals surface area contributed by atoms with Crippen molar-refractivity contribution in [3.63, 3.8) is 0 Å². The molecule has 0 unspecified atom stereocenters. The van der Waals surface area contributed by atoms with E-state index in [1.54, 1.807) is 0 Å². The van der Waals surface area contributed by atoms with Crippen LogP contribution in [0, 0.1) is 0 Å². The third kappa shape index (κ3) is 2.35. The van der Waals surface area contributed by atoms with Crippen LogP contribution in [-0.4, -0.2) is 11.3 Å². The van der Waals surface area contributed by atoms with E-state index in [1.807, 2.05) is 0 Å². The second-order valence-electron chi connectivity index (χ2n) is 2.67. The van der Waals surface area contributed by atoms with Crippen LogP contribution in [0.4, 0.5) is 13.2 Å². The number of aromatic nitrogens is 1. The van der Waals surface area contributed by atoms with Crippen molar-refractivity contribution in [3.8, 4) is 5.75 Å². The summed E-state index contributed by atoms with van der Waals surface area (Å²) in [4.78, 5) is 3.81. The van der Waals surface area contributed by atoms with Crippen LogP contribution in [0.25, 0.3) is 11.1 Å². The number of nitrogens with zero attached hydrogens (tertiary/aromatic N) is 1. The predicted octanol–water partition coefficient (Wildman–Crippen LogP) is 3.02. The molecule has 15 heavy (non-hydrogen) atoms. The van der Waals surface area contributed by atoms with E-state index in [2.05, 4.69) is 22.3 Å². The van der Waals surface area contributed by atoms with Gasteiger partial charge in [0, 0.05) is 6.07 Å². The van der Waals surface area contributed by atoms with E-state index in [4.69, 9.17) is 4.42 Å². The molecule has 1 heterocycles. The van der Waals surface area contributed by atoms with E-state index >= 15 is 0 Å². The summed E-state index contributed by atoms with van der Waals surface area (Å²) in [5.74, 6) is -0.348. The molecule has 80 valence electrons. The summed E-state index contributed by atoms with van der Waals surface area (Å²) in [6, 6.07) is 3.63. The Kier molecular flexibility index (Phi) is 2.26. The first-order chi connectivity index (χ1) is 6.94. The molecule has 0 spiro atoms. The summed E-state index contributed by atoms with van der Waals surface area (Å²) in [5, 5.41) is 0.0918. The van der Waals surface area contributed by atoms with Crippen LogP contribution in [0.2, 0.25) is 0 Å². The van der Waals surface area contributed by atoms with Gasteiger partial charge in [-0.25, -0.2) is 4.98 Å². The lowest BCUT2D eigenvalue weighted by Gasteiger charge is -2.07. The summed E-state index contributed by atoms with van der Waals surface area (Å²) in [6.07, 6.45) is -4.71. The fourth-order valence-electron chi connectivity index (χ4n) is 1.09. The molecule has 0 saturated carbocycles. The average molecular weight is 235 g/mol. The number of fused-ring (bicyclic) bond motifs is 1. The van der Waals surface area contributed by atoms with Gasteiger partial charge in [-0.1, -0.05) is 12.6 Å². The van der Waals surface area contributed by atoms with Crippen molar-refractivity contribution in [1.82, 2.24) is 4.98 Å². The first kappa shape index (κ1) is 10.2. The molecule has 1 aromatic carbocycles. The van der Waals surface area contributed by atoms with E-state index in [0.29, 0.717) is 5.52 Å². The molecule has 0 amide bonds. The number of benzene rings is 1.